The predicted octanol–water partition coefficient (Wildman–Crippen LogP) is 5.21. The summed E-state index contributed by atoms with van der Waals surface area (Å²) in [5.74, 6) is -0.125. The van der Waals surface area contributed by atoms with Gasteiger partial charge in [-0.25, -0.2) is 4.39 Å². The number of nitro benzene ring substituents is 1. The highest BCUT2D eigenvalue weighted by Crippen LogP contribution is 2.35. The van der Waals surface area contributed by atoms with Crippen molar-refractivity contribution in [1.82, 2.24) is 0 Å². The van der Waals surface area contributed by atoms with Crippen LogP contribution in [0.25, 0.3) is 0 Å². The van der Waals surface area contributed by atoms with E-state index in [9.17, 15) is 14.5 Å². The SMILES string of the molecule is Cc1cc(Oc2cc(C)c(Br)c(C)c2)c([N+](=O)[O-])cc1F. The number of halogens is 2. The summed E-state index contributed by atoms with van der Waals surface area (Å²) in [5, 5.41) is 11.0. The molecule has 0 aromatic heterocycles. The van der Waals surface area contributed by atoms with E-state index in [0.29, 0.717) is 11.3 Å². The van der Waals surface area contributed by atoms with Crippen LogP contribution in [0.1, 0.15) is 16.7 Å². The Morgan fingerprint density at radius 3 is 2.19 bits per heavy atom. The van der Waals surface area contributed by atoms with E-state index in [2.05, 4.69) is 15.9 Å². The molecule has 0 aliphatic heterocycles. The molecule has 0 N–H and O–H groups in total. The summed E-state index contributed by atoms with van der Waals surface area (Å²) in [6.07, 6.45) is 0. The van der Waals surface area contributed by atoms with Crippen molar-refractivity contribution < 1.29 is 14.1 Å². The van der Waals surface area contributed by atoms with Crippen LogP contribution in [0.2, 0.25) is 0 Å². The van der Waals surface area contributed by atoms with Gasteiger partial charge in [0, 0.05) is 4.47 Å². The molecule has 4 nitrogen and oxygen atoms in total. The van der Waals surface area contributed by atoms with E-state index < -0.39 is 16.4 Å². The molecule has 2 aromatic carbocycles. The van der Waals surface area contributed by atoms with Crippen molar-refractivity contribution in [3.63, 3.8) is 0 Å². The molecule has 0 amide bonds. The largest absolute Gasteiger partial charge is 0.450 e. The third kappa shape index (κ3) is 3.21. The van der Waals surface area contributed by atoms with E-state index in [-0.39, 0.29) is 5.75 Å². The number of ether oxygens (including phenoxy) is 1. The molecule has 0 aliphatic rings. The van der Waals surface area contributed by atoms with Crippen molar-refractivity contribution in [2.24, 2.45) is 0 Å². The Bertz CT molecular complexity index is 708. The molecule has 2 aromatic rings. The average molecular weight is 354 g/mol. The van der Waals surface area contributed by atoms with Gasteiger partial charge in [0.2, 0.25) is 5.75 Å². The predicted molar refractivity (Wildman–Crippen MR) is 81.5 cm³/mol. The Labute approximate surface area is 129 Å². The van der Waals surface area contributed by atoms with Gasteiger partial charge in [-0.2, -0.15) is 0 Å². The van der Waals surface area contributed by atoms with Gasteiger partial charge in [-0.3, -0.25) is 10.1 Å². The molecule has 0 saturated carbocycles. The number of benzene rings is 2. The molecular formula is C15H13BrFNO3. The summed E-state index contributed by atoms with van der Waals surface area (Å²) in [6, 6.07) is 5.74. The minimum absolute atomic E-state index is 0.0278. The van der Waals surface area contributed by atoms with Crippen LogP contribution in [-0.2, 0) is 0 Å². The molecule has 0 bridgehead atoms. The summed E-state index contributed by atoms with van der Waals surface area (Å²) in [5.41, 5.74) is 1.80. The smallest absolute Gasteiger partial charge is 0.314 e. The maximum absolute atomic E-state index is 13.5. The first kappa shape index (κ1) is 15.4. The van der Waals surface area contributed by atoms with Gasteiger partial charge in [-0.05, 0) is 55.7 Å². The fourth-order valence-corrected chi connectivity index (χ4v) is 2.19. The standard InChI is InChI=1S/C15H13BrFNO3/c1-8-6-14(13(18(19)20)7-12(8)17)21-11-4-9(2)15(16)10(3)5-11/h4-7H,1-3H3. The molecule has 6 heteroatoms. The molecular weight excluding hydrogens is 341 g/mol. The second-order valence-electron chi connectivity index (χ2n) is 4.80. The van der Waals surface area contributed by atoms with E-state index in [0.717, 1.165) is 21.7 Å². The van der Waals surface area contributed by atoms with Crippen molar-refractivity contribution in [3.8, 4) is 11.5 Å². The van der Waals surface area contributed by atoms with Crippen LogP contribution in [0.15, 0.2) is 28.7 Å². The van der Waals surface area contributed by atoms with Crippen molar-refractivity contribution in [2.45, 2.75) is 20.8 Å². The van der Waals surface area contributed by atoms with Crippen LogP contribution < -0.4 is 4.74 Å². The highest BCUT2D eigenvalue weighted by molar-refractivity contribution is 9.10. The lowest BCUT2D eigenvalue weighted by molar-refractivity contribution is -0.385. The lowest BCUT2D eigenvalue weighted by atomic mass is 10.1. The van der Waals surface area contributed by atoms with Crippen LogP contribution >= 0.6 is 15.9 Å². The molecule has 0 unspecified atom stereocenters. The summed E-state index contributed by atoms with van der Waals surface area (Å²) in [6.45, 7) is 5.33. The van der Waals surface area contributed by atoms with Crippen LogP contribution in [0.5, 0.6) is 11.5 Å². The maximum atomic E-state index is 13.5. The number of hydrogen-bond donors (Lipinski definition) is 0. The van der Waals surface area contributed by atoms with Gasteiger partial charge in [-0.1, -0.05) is 15.9 Å². The highest BCUT2D eigenvalue weighted by atomic mass is 79.9. The van der Waals surface area contributed by atoms with Crippen molar-refractivity contribution in [2.75, 3.05) is 0 Å². The van der Waals surface area contributed by atoms with Gasteiger partial charge in [0.15, 0.2) is 0 Å². The third-order valence-corrected chi connectivity index (χ3v) is 4.33. The van der Waals surface area contributed by atoms with Gasteiger partial charge in [-0.15, -0.1) is 0 Å². The van der Waals surface area contributed by atoms with E-state index in [4.69, 9.17) is 4.74 Å². The Morgan fingerprint density at radius 1 is 1.10 bits per heavy atom. The normalized spacial score (nSPS) is 10.5. The van der Waals surface area contributed by atoms with Crippen molar-refractivity contribution >= 4 is 21.6 Å². The van der Waals surface area contributed by atoms with E-state index in [1.54, 1.807) is 12.1 Å². The lowest BCUT2D eigenvalue weighted by Crippen LogP contribution is -1.97. The third-order valence-electron chi connectivity index (χ3n) is 3.07. The van der Waals surface area contributed by atoms with Crippen LogP contribution in [0, 0.1) is 36.7 Å². The fourth-order valence-electron chi connectivity index (χ4n) is 1.96. The average Bonchev–Trinajstić information content (AvgIpc) is 2.39. The minimum atomic E-state index is -0.656. The monoisotopic (exact) mass is 353 g/mol. The molecule has 0 atom stereocenters. The van der Waals surface area contributed by atoms with Gasteiger partial charge >= 0.3 is 5.69 Å². The second-order valence-corrected chi connectivity index (χ2v) is 5.59. The summed E-state index contributed by atoms with van der Waals surface area (Å²) in [7, 11) is 0. The van der Waals surface area contributed by atoms with E-state index >= 15 is 0 Å². The van der Waals surface area contributed by atoms with E-state index in [1.165, 1.54) is 13.0 Å². The van der Waals surface area contributed by atoms with Gasteiger partial charge in [0.05, 0.1) is 11.0 Å². The van der Waals surface area contributed by atoms with Gasteiger partial charge < -0.3 is 4.74 Å². The Hall–Kier alpha value is -1.95. The fraction of sp³-hybridized carbons (Fsp3) is 0.200. The first-order valence-electron chi connectivity index (χ1n) is 6.18. The lowest BCUT2D eigenvalue weighted by Gasteiger charge is -2.11. The first-order valence-corrected chi connectivity index (χ1v) is 6.98. The molecule has 0 aliphatic carbocycles. The quantitative estimate of drug-likeness (QED) is 0.561. The topological polar surface area (TPSA) is 52.4 Å². The molecule has 0 saturated heterocycles. The molecule has 2 rings (SSSR count). The van der Waals surface area contributed by atoms with Crippen molar-refractivity contribution in [1.29, 1.82) is 0 Å². The molecule has 0 spiro atoms. The Morgan fingerprint density at radius 2 is 1.67 bits per heavy atom. The number of nitrogens with zero attached hydrogens (tertiary/aromatic N) is 1. The summed E-state index contributed by atoms with van der Waals surface area (Å²) < 4.78 is 20.0. The van der Waals surface area contributed by atoms with Crippen LogP contribution in [0.4, 0.5) is 10.1 Å². The minimum Gasteiger partial charge on any atom is -0.450 e. The zero-order valence-corrected chi connectivity index (χ0v) is 13.3. The first-order chi connectivity index (χ1) is 9.79. The van der Waals surface area contributed by atoms with E-state index in [1.807, 2.05) is 13.8 Å². The van der Waals surface area contributed by atoms with Crippen LogP contribution in [0.3, 0.4) is 0 Å². The highest BCUT2D eigenvalue weighted by Gasteiger charge is 2.19. The summed E-state index contributed by atoms with van der Waals surface area (Å²) >= 11 is 3.44. The summed E-state index contributed by atoms with van der Waals surface area (Å²) in [4.78, 5) is 10.4. The number of nitro groups is 1. The number of hydrogen-bond acceptors (Lipinski definition) is 3. The zero-order valence-electron chi connectivity index (χ0n) is 11.7. The second kappa shape index (κ2) is 5.81. The number of aryl methyl sites for hydroxylation is 3. The Balaban J connectivity index is 2.48. The molecule has 0 radical (unpaired) electrons. The molecule has 0 fully saturated rings. The zero-order chi connectivity index (χ0) is 15.7. The Kier molecular flexibility index (Phi) is 4.27. The van der Waals surface area contributed by atoms with Crippen LogP contribution in [-0.4, -0.2) is 4.92 Å². The maximum Gasteiger partial charge on any atom is 0.314 e. The molecule has 0 heterocycles. The number of rotatable bonds is 3. The molecule has 21 heavy (non-hydrogen) atoms. The van der Waals surface area contributed by atoms with Crippen molar-refractivity contribution in [3.05, 3.63) is 61.4 Å². The van der Waals surface area contributed by atoms with Gasteiger partial charge in [0.1, 0.15) is 11.6 Å². The molecule has 110 valence electrons. The van der Waals surface area contributed by atoms with Gasteiger partial charge in [0.25, 0.3) is 0 Å².